The van der Waals surface area contributed by atoms with E-state index in [-0.39, 0.29) is 0 Å². The van der Waals surface area contributed by atoms with Crippen LogP contribution in [0.25, 0.3) is 0 Å². The molecule has 1 aliphatic rings. The molecule has 1 aromatic rings. The molecule has 1 aromatic heterocycles. The Bertz CT molecular complexity index is 344. The summed E-state index contributed by atoms with van der Waals surface area (Å²) in [5, 5.41) is 9.45. The third kappa shape index (κ3) is 2.97. The molecule has 0 amide bonds. The molecule has 1 saturated carbocycles. The third-order valence-electron chi connectivity index (χ3n) is 3.66. The van der Waals surface area contributed by atoms with Gasteiger partial charge >= 0.3 is 0 Å². The number of hydrogen-bond donors (Lipinski definition) is 1. The van der Waals surface area contributed by atoms with E-state index in [2.05, 4.69) is 16.8 Å². The van der Waals surface area contributed by atoms with E-state index in [0.717, 1.165) is 30.4 Å². The van der Waals surface area contributed by atoms with Gasteiger partial charge in [0.1, 0.15) is 5.82 Å². The first kappa shape index (κ1) is 12.4. The molecule has 0 aromatic carbocycles. The van der Waals surface area contributed by atoms with Crippen LogP contribution < -0.4 is 4.90 Å². The number of aliphatic hydroxyl groups is 1. The average Bonchev–Trinajstić information content (AvgIpc) is 2.28. The predicted molar refractivity (Wildman–Crippen MR) is 70.1 cm³/mol. The van der Waals surface area contributed by atoms with Gasteiger partial charge in [0.2, 0.25) is 0 Å². The molecule has 94 valence electrons. The van der Waals surface area contributed by atoms with E-state index in [1.165, 1.54) is 19.3 Å². The van der Waals surface area contributed by atoms with Crippen molar-refractivity contribution in [2.75, 3.05) is 18.0 Å². The highest BCUT2D eigenvalue weighted by molar-refractivity contribution is 5.39. The largest absolute Gasteiger partial charge is 0.389 e. The first-order valence-corrected chi connectivity index (χ1v) is 6.59. The Morgan fingerprint density at radius 2 is 2.24 bits per heavy atom. The number of rotatable bonds is 5. The van der Waals surface area contributed by atoms with E-state index in [4.69, 9.17) is 0 Å². The molecule has 1 heterocycles. The summed E-state index contributed by atoms with van der Waals surface area (Å²) in [4.78, 5) is 6.78. The van der Waals surface area contributed by atoms with Gasteiger partial charge in [-0.05, 0) is 44.2 Å². The molecule has 0 unspecified atom stereocenters. The lowest BCUT2D eigenvalue weighted by Crippen LogP contribution is -2.32. The summed E-state index contributed by atoms with van der Waals surface area (Å²) in [7, 11) is 0. The summed E-state index contributed by atoms with van der Waals surface area (Å²) in [6, 6.07) is 3.99. The predicted octanol–water partition coefficient (Wildman–Crippen LogP) is 2.76. The lowest BCUT2D eigenvalue weighted by molar-refractivity contribution is 0.199. The van der Waals surface area contributed by atoms with Crippen molar-refractivity contribution in [2.45, 2.75) is 39.2 Å². The fourth-order valence-corrected chi connectivity index (χ4v) is 2.20. The van der Waals surface area contributed by atoms with Crippen molar-refractivity contribution in [3.63, 3.8) is 0 Å². The number of aromatic nitrogens is 1. The summed E-state index contributed by atoms with van der Waals surface area (Å²) in [5.74, 6) is 1.89. The van der Waals surface area contributed by atoms with Crippen LogP contribution in [0.4, 0.5) is 5.82 Å². The van der Waals surface area contributed by atoms with Crippen molar-refractivity contribution in [1.82, 2.24) is 4.98 Å². The highest BCUT2D eigenvalue weighted by Crippen LogP contribution is 2.28. The molecule has 1 aliphatic carbocycles. The van der Waals surface area contributed by atoms with Crippen molar-refractivity contribution in [3.8, 4) is 0 Å². The van der Waals surface area contributed by atoms with E-state index < -0.39 is 6.10 Å². The monoisotopic (exact) mass is 234 g/mol. The maximum atomic E-state index is 9.45. The number of aliphatic hydroxyl groups excluding tert-OH is 1. The Morgan fingerprint density at radius 1 is 1.47 bits per heavy atom. The van der Waals surface area contributed by atoms with Crippen LogP contribution in [-0.4, -0.2) is 23.2 Å². The minimum absolute atomic E-state index is 0.432. The zero-order valence-corrected chi connectivity index (χ0v) is 10.8. The first-order valence-electron chi connectivity index (χ1n) is 6.59. The van der Waals surface area contributed by atoms with Crippen LogP contribution in [-0.2, 0) is 0 Å². The van der Waals surface area contributed by atoms with Crippen LogP contribution in [0.1, 0.15) is 44.8 Å². The van der Waals surface area contributed by atoms with Crippen LogP contribution in [0, 0.1) is 5.92 Å². The number of anilines is 1. The molecule has 17 heavy (non-hydrogen) atoms. The second-order valence-corrected chi connectivity index (χ2v) is 4.96. The molecule has 3 nitrogen and oxygen atoms in total. The summed E-state index contributed by atoms with van der Waals surface area (Å²) in [6.45, 7) is 6.06. The van der Waals surface area contributed by atoms with Crippen molar-refractivity contribution in [2.24, 2.45) is 5.92 Å². The number of hydrogen-bond acceptors (Lipinski definition) is 3. The topological polar surface area (TPSA) is 36.4 Å². The van der Waals surface area contributed by atoms with Gasteiger partial charge < -0.3 is 10.0 Å². The van der Waals surface area contributed by atoms with Gasteiger partial charge in [-0.15, -0.1) is 0 Å². The molecule has 1 N–H and O–H groups in total. The van der Waals surface area contributed by atoms with Crippen molar-refractivity contribution in [1.29, 1.82) is 0 Å². The molecule has 0 bridgehead atoms. The Balaban J connectivity index is 2.02. The lowest BCUT2D eigenvalue weighted by Gasteiger charge is -2.32. The van der Waals surface area contributed by atoms with Crippen LogP contribution in [0.2, 0.25) is 0 Å². The van der Waals surface area contributed by atoms with Gasteiger partial charge in [0.15, 0.2) is 0 Å². The highest BCUT2D eigenvalue weighted by atomic mass is 16.3. The lowest BCUT2D eigenvalue weighted by atomic mass is 9.85. The molecule has 1 fully saturated rings. The van der Waals surface area contributed by atoms with Gasteiger partial charge in [0.25, 0.3) is 0 Å². The minimum Gasteiger partial charge on any atom is -0.389 e. The van der Waals surface area contributed by atoms with Gasteiger partial charge in [-0.25, -0.2) is 4.98 Å². The smallest absolute Gasteiger partial charge is 0.128 e. The van der Waals surface area contributed by atoms with E-state index >= 15 is 0 Å². The molecule has 0 saturated heterocycles. The summed E-state index contributed by atoms with van der Waals surface area (Å²) >= 11 is 0. The van der Waals surface area contributed by atoms with E-state index in [9.17, 15) is 5.11 Å². The summed E-state index contributed by atoms with van der Waals surface area (Å²) < 4.78 is 0. The van der Waals surface area contributed by atoms with Crippen LogP contribution in [0.5, 0.6) is 0 Å². The second kappa shape index (κ2) is 5.50. The Morgan fingerprint density at radius 3 is 2.65 bits per heavy atom. The summed E-state index contributed by atoms with van der Waals surface area (Å²) in [6.07, 6.45) is 5.46. The SMILES string of the molecule is CCN(CC1CCC1)c1ccc([C@@H](C)O)cn1. The van der Waals surface area contributed by atoms with Crippen LogP contribution >= 0.6 is 0 Å². The summed E-state index contributed by atoms with van der Waals surface area (Å²) in [5.41, 5.74) is 0.883. The molecule has 1 atom stereocenters. The Kier molecular flexibility index (Phi) is 4.00. The van der Waals surface area contributed by atoms with Gasteiger partial charge in [0.05, 0.1) is 6.10 Å². The average molecular weight is 234 g/mol. The molecule has 3 heteroatoms. The fraction of sp³-hybridized carbons (Fsp3) is 0.643. The molecule has 0 aliphatic heterocycles. The van der Waals surface area contributed by atoms with Crippen molar-refractivity contribution >= 4 is 5.82 Å². The Hall–Kier alpha value is -1.09. The highest BCUT2D eigenvalue weighted by Gasteiger charge is 2.20. The van der Waals surface area contributed by atoms with E-state index in [1.807, 2.05) is 12.1 Å². The quantitative estimate of drug-likeness (QED) is 0.851. The number of pyridine rings is 1. The van der Waals surface area contributed by atoms with Crippen LogP contribution in [0.3, 0.4) is 0 Å². The minimum atomic E-state index is -0.432. The third-order valence-corrected chi connectivity index (χ3v) is 3.66. The van der Waals surface area contributed by atoms with Crippen molar-refractivity contribution < 1.29 is 5.11 Å². The maximum Gasteiger partial charge on any atom is 0.128 e. The van der Waals surface area contributed by atoms with Gasteiger partial charge in [0, 0.05) is 19.3 Å². The second-order valence-electron chi connectivity index (χ2n) is 4.96. The van der Waals surface area contributed by atoms with Gasteiger partial charge in [-0.2, -0.15) is 0 Å². The van der Waals surface area contributed by atoms with E-state index in [1.54, 1.807) is 13.1 Å². The molecular formula is C14H22N2O. The van der Waals surface area contributed by atoms with Crippen molar-refractivity contribution in [3.05, 3.63) is 23.9 Å². The molecular weight excluding hydrogens is 212 g/mol. The number of nitrogens with zero attached hydrogens (tertiary/aromatic N) is 2. The molecule has 0 spiro atoms. The van der Waals surface area contributed by atoms with Crippen LogP contribution in [0.15, 0.2) is 18.3 Å². The fourth-order valence-electron chi connectivity index (χ4n) is 2.20. The molecule has 0 radical (unpaired) electrons. The van der Waals surface area contributed by atoms with Gasteiger partial charge in [-0.1, -0.05) is 12.5 Å². The Labute approximate surface area is 103 Å². The zero-order chi connectivity index (χ0) is 12.3. The van der Waals surface area contributed by atoms with Gasteiger partial charge in [-0.3, -0.25) is 0 Å². The molecule has 2 rings (SSSR count). The standard InChI is InChI=1S/C14H22N2O/c1-3-16(10-12-5-4-6-12)14-8-7-13(9-15-14)11(2)17/h7-9,11-12,17H,3-6,10H2,1-2H3/t11-/m1/s1. The maximum absolute atomic E-state index is 9.45. The zero-order valence-electron chi connectivity index (χ0n) is 10.8. The van der Waals surface area contributed by atoms with E-state index in [0.29, 0.717) is 0 Å². The normalized spacial score (nSPS) is 17.6. The first-order chi connectivity index (χ1) is 8.20.